The number of likely N-dealkylation sites (tertiary alicyclic amines) is 1. The van der Waals surface area contributed by atoms with E-state index in [0.717, 1.165) is 42.8 Å². The number of amides is 1. The molecule has 1 heterocycles. The van der Waals surface area contributed by atoms with Crippen LogP contribution < -0.4 is 10.1 Å². The largest absolute Gasteiger partial charge is 0.497 e. The van der Waals surface area contributed by atoms with Gasteiger partial charge in [-0.3, -0.25) is 9.69 Å². The topological polar surface area (TPSA) is 41.6 Å². The van der Waals surface area contributed by atoms with E-state index in [1.165, 1.54) is 0 Å². The fourth-order valence-corrected chi connectivity index (χ4v) is 3.59. The molecule has 0 unspecified atom stereocenters. The van der Waals surface area contributed by atoms with E-state index in [4.69, 9.17) is 4.74 Å². The fourth-order valence-electron chi connectivity index (χ4n) is 3.59. The molecule has 1 amide bonds. The molecule has 3 rings (SSSR count). The SMILES string of the molecule is COc1ccc(-c2cccc(C(=O)NC3CCN(C(C)(C)C)CC3)c2)cc1. The van der Waals surface area contributed by atoms with Gasteiger partial charge in [0.25, 0.3) is 5.91 Å². The summed E-state index contributed by atoms with van der Waals surface area (Å²) in [5.74, 6) is 0.841. The van der Waals surface area contributed by atoms with Crippen LogP contribution in [0.4, 0.5) is 0 Å². The van der Waals surface area contributed by atoms with Crippen LogP contribution in [0, 0.1) is 0 Å². The monoisotopic (exact) mass is 366 g/mol. The van der Waals surface area contributed by atoms with E-state index in [0.29, 0.717) is 5.56 Å². The van der Waals surface area contributed by atoms with Gasteiger partial charge >= 0.3 is 0 Å². The third-order valence-electron chi connectivity index (χ3n) is 5.33. The first-order valence-corrected chi connectivity index (χ1v) is 9.67. The number of methoxy groups -OCH3 is 1. The Bertz CT molecular complexity index is 770. The third-order valence-corrected chi connectivity index (χ3v) is 5.33. The number of ether oxygens (including phenoxy) is 1. The van der Waals surface area contributed by atoms with E-state index in [2.05, 4.69) is 31.0 Å². The average Bonchev–Trinajstić information content (AvgIpc) is 2.68. The van der Waals surface area contributed by atoms with E-state index in [1.807, 2.05) is 48.5 Å². The second kappa shape index (κ2) is 8.13. The summed E-state index contributed by atoms with van der Waals surface area (Å²) < 4.78 is 5.21. The Morgan fingerprint density at radius 2 is 1.70 bits per heavy atom. The highest BCUT2D eigenvalue weighted by Gasteiger charge is 2.27. The summed E-state index contributed by atoms with van der Waals surface area (Å²) in [5, 5.41) is 3.22. The summed E-state index contributed by atoms with van der Waals surface area (Å²) in [6.45, 7) is 8.80. The van der Waals surface area contributed by atoms with Gasteiger partial charge in [0.1, 0.15) is 5.75 Å². The van der Waals surface area contributed by atoms with Crippen molar-refractivity contribution in [1.29, 1.82) is 0 Å². The van der Waals surface area contributed by atoms with Gasteiger partial charge in [0.15, 0.2) is 0 Å². The first-order valence-electron chi connectivity index (χ1n) is 9.67. The van der Waals surface area contributed by atoms with Crippen LogP contribution in [-0.4, -0.2) is 42.6 Å². The summed E-state index contributed by atoms with van der Waals surface area (Å²) in [5.41, 5.74) is 3.01. The quantitative estimate of drug-likeness (QED) is 0.874. The molecule has 1 aliphatic heterocycles. The Morgan fingerprint density at radius 3 is 2.30 bits per heavy atom. The van der Waals surface area contributed by atoms with Crippen molar-refractivity contribution in [2.45, 2.75) is 45.2 Å². The van der Waals surface area contributed by atoms with Crippen LogP contribution >= 0.6 is 0 Å². The minimum absolute atomic E-state index is 0.0135. The number of carbonyl (C=O) groups is 1. The van der Waals surface area contributed by atoms with Gasteiger partial charge in [-0.2, -0.15) is 0 Å². The van der Waals surface area contributed by atoms with Gasteiger partial charge < -0.3 is 10.1 Å². The van der Waals surface area contributed by atoms with Gasteiger partial charge in [-0.1, -0.05) is 24.3 Å². The summed E-state index contributed by atoms with van der Waals surface area (Å²) >= 11 is 0. The van der Waals surface area contributed by atoms with Crippen LogP contribution in [0.1, 0.15) is 44.0 Å². The van der Waals surface area contributed by atoms with E-state index in [-0.39, 0.29) is 17.5 Å². The molecule has 0 aliphatic carbocycles. The first kappa shape index (κ1) is 19.4. The number of benzene rings is 2. The Balaban J connectivity index is 1.64. The minimum atomic E-state index is 0.0135. The molecule has 1 saturated heterocycles. The standard InChI is InChI=1S/C23H30N2O2/c1-23(2,3)25-14-12-20(13-15-25)24-22(26)19-7-5-6-18(16-19)17-8-10-21(27-4)11-9-17/h5-11,16,20H,12-15H2,1-4H3,(H,24,26). The molecular weight excluding hydrogens is 336 g/mol. The predicted octanol–water partition coefficient (Wildman–Crippen LogP) is 4.35. The molecule has 144 valence electrons. The lowest BCUT2D eigenvalue weighted by molar-refractivity contribution is 0.0812. The summed E-state index contributed by atoms with van der Waals surface area (Å²) in [4.78, 5) is 15.2. The average molecular weight is 367 g/mol. The highest BCUT2D eigenvalue weighted by atomic mass is 16.5. The maximum Gasteiger partial charge on any atom is 0.251 e. The molecule has 0 aromatic heterocycles. The van der Waals surface area contributed by atoms with Gasteiger partial charge in [-0.15, -0.1) is 0 Å². The lowest BCUT2D eigenvalue weighted by atomic mass is 9.97. The van der Waals surface area contributed by atoms with Gasteiger partial charge in [-0.05, 0) is 69.0 Å². The second-order valence-corrected chi connectivity index (χ2v) is 8.21. The summed E-state index contributed by atoms with van der Waals surface area (Å²) in [6.07, 6.45) is 2.00. The number of rotatable bonds is 4. The predicted molar refractivity (Wildman–Crippen MR) is 110 cm³/mol. The van der Waals surface area contributed by atoms with Crippen molar-refractivity contribution >= 4 is 5.91 Å². The Morgan fingerprint density at radius 1 is 1.04 bits per heavy atom. The molecule has 2 aromatic carbocycles. The highest BCUT2D eigenvalue weighted by molar-refractivity contribution is 5.95. The van der Waals surface area contributed by atoms with Crippen molar-refractivity contribution in [1.82, 2.24) is 10.2 Å². The first-order chi connectivity index (χ1) is 12.9. The number of hydrogen-bond donors (Lipinski definition) is 1. The molecule has 2 aromatic rings. The Hall–Kier alpha value is -2.33. The molecule has 0 saturated carbocycles. The number of piperidine rings is 1. The molecule has 4 nitrogen and oxygen atoms in total. The van der Waals surface area contributed by atoms with Crippen LogP contribution in [0.5, 0.6) is 5.75 Å². The molecule has 0 bridgehead atoms. The molecular formula is C23H30N2O2. The van der Waals surface area contributed by atoms with Gasteiger partial charge in [-0.25, -0.2) is 0 Å². The molecule has 1 aliphatic rings. The normalized spacial score (nSPS) is 16.1. The van der Waals surface area contributed by atoms with Crippen molar-refractivity contribution in [2.75, 3.05) is 20.2 Å². The third kappa shape index (κ3) is 4.89. The molecule has 1 fully saturated rings. The fraction of sp³-hybridized carbons (Fsp3) is 0.435. The zero-order chi connectivity index (χ0) is 19.4. The van der Waals surface area contributed by atoms with Crippen molar-refractivity contribution in [3.63, 3.8) is 0 Å². The smallest absolute Gasteiger partial charge is 0.251 e. The van der Waals surface area contributed by atoms with Crippen molar-refractivity contribution in [3.8, 4) is 16.9 Å². The highest BCUT2D eigenvalue weighted by Crippen LogP contribution is 2.24. The molecule has 0 atom stereocenters. The van der Waals surface area contributed by atoms with Crippen molar-refractivity contribution in [3.05, 3.63) is 54.1 Å². The lowest BCUT2D eigenvalue weighted by Crippen LogP contribution is -2.50. The van der Waals surface area contributed by atoms with Crippen molar-refractivity contribution < 1.29 is 9.53 Å². The maximum absolute atomic E-state index is 12.7. The lowest BCUT2D eigenvalue weighted by Gasteiger charge is -2.41. The summed E-state index contributed by atoms with van der Waals surface area (Å²) in [7, 11) is 1.66. The van der Waals surface area contributed by atoms with Crippen LogP contribution in [0.2, 0.25) is 0 Å². The zero-order valence-electron chi connectivity index (χ0n) is 16.8. The Kier molecular flexibility index (Phi) is 5.85. The van der Waals surface area contributed by atoms with Gasteiger partial charge in [0.2, 0.25) is 0 Å². The van der Waals surface area contributed by atoms with Crippen LogP contribution in [-0.2, 0) is 0 Å². The number of carbonyl (C=O) groups excluding carboxylic acids is 1. The van der Waals surface area contributed by atoms with E-state index in [1.54, 1.807) is 7.11 Å². The molecule has 0 radical (unpaired) electrons. The van der Waals surface area contributed by atoms with Crippen LogP contribution in [0.25, 0.3) is 11.1 Å². The van der Waals surface area contributed by atoms with E-state index >= 15 is 0 Å². The maximum atomic E-state index is 12.7. The minimum Gasteiger partial charge on any atom is -0.497 e. The second-order valence-electron chi connectivity index (χ2n) is 8.21. The number of nitrogens with one attached hydrogen (secondary N) is 1. The number of nitrogens with zero attached hydrogens (tertiary/aromatic N) is 1. The summed E-state index contributed by atoms with van der Waals surface area (Å²) in [6, 6.07) is 16.0. The van der Waals surface area contributed by atoms with E-state index < -0.39 is 0 Å². The van der Waals surface area contributed by atoms with Crippen LogP contribution in [0.15, 0.2) is 48.5 Å². The Labute approximate surface area is 162 Å². The molecule has 0 spiro atoms. The van der Waals surface area contributed by atoms with Gasteiger partial charge in [0.05, 0.1) is 7.11 Å². The van der Waals surface area contributed by atoms with Gasteiger partial charge in [0, 0.05) is 30.2 Å². The van der Waals surface area contributed by atoms with Crippen LogP contribution in [0.3, 0.4) is 0 Å². The number of hydrogen-bond acceptors (Lipinski definition) is 3. The zero-order valence-corrected chi connectivity index (χ0v) is 16.8. The van der Waals surface area contributed by atoms with Crippen molar-refractivity contribution in [2.24, 2.45) is 0 Å². The molecule has 27 heavy (non-hydrogen) atoms. The molecule has 4 heteroatoms. The van der Waals surface area contributed by atoms with E-state index in [9.17, 15) is 4.79 Å². The molecule has 1 N–H and O–H groups in total.